The van der Waals surface area contributed by atoms with Crippen LogP contribution in [0.15, 0.2) is 48.5 Å². The highest BCUT2D eigenvalue weighted by Crippen LogP contribution is 2.20. The highest BCUT2D eigenvalue weighted by molar-refractivity contribution is 6.17. The number of carboxylic acid groups (broad SMARTS) is 1. The van der Waals surface area contributed by atoms with E-state index in [1.165, 1.54) is 48.2 Å². The third kappa shape index (κ3) is 13.0. The zero-order chi connectivity index (χ0) is 37.5. The molecule has 1 saturated heterocycles. The molecule has 14 nitrogen and oxygen atoms in total. The van der Waals surface area contributed by atoms with Crippen LogP contribution in [0, 0.1) is 0 Å². The van der Waals surface area contributed by atoms with E-state index in [1.54, 1.807) is 12.1 Å². The molecule has 6 atom stereocenters. The number of phenols is 2. The van der Waals surface area contributed by atoms with Crippen LogP contribution in [0.1, 0.15) is 69.4 Å². The fourth-order valence-electron chi connectivity index (χ4n) is 5.95. The summed E-state index contributed by atoms with van der Waals surface area (Å²) < 4.78 is 0. The third-order valence-electron chi connectivity index (χ3n) is 8.91. The van der Waals surface area contributed by atoms with E-state index >= 15 is 0 Å². The van der Waals surface area contributed by atoms with Crippen LogP contribution in [-0.4, -0.2) is 104 Å². The molecule has 0 aliphatic carbocycles. The van der Waals surface area contributed by atoms with Gasteiger partial charge in [0, 0.05) is 31.3 Å². The zero-order valence-electron chi connectivity index (χ0n) is 28.8. The third-order valence-corrected chi connectivity index (χ3v) is 9.18. The second-order valence-electron chi connectivity index (χ2n) is 13.0. The SMILES string of the molecule is C[C@H](NC(=O)C(O)C(N)CCCCCCCCl)C(=O)N1CCC[C@H]1C(=O)N[C@@H](Cc1ccc(O)cc1)C(=O)N[C@@H](Cc1ccc(O)cc1)C(=O)O. The van der Waals surface area contributed by atoms with Crippen molar-refractivity contribution in [2.24, 2.45) is 5.73 Å². The summed E-state index contributed by atoms with van der Waals surface area (Å²) in [6, 6.07) is 6.32. The Morgan fingerprint density at radius 2 is 1.37 bits per heavy atom. The van der Waals surface area contributed by atoms with Crippen molar-refractivity contribution in [1.82, 2.24) is 20.9 Å². The molecule has 1 heterocycles. The average molecular weight is 732 g/mol. The van der Waals surface area contributed by atoms with E-state index in [9.17, 15) is 44.4 Å². The van der Waals surface area contributed by atoms with E-state index in [1.807, 2.05) is 0 Å². The van der Waals surface area contributed by atoms with Gasteiger partial charge >= 0.3 is 5.97 Å². The van der Waals surface area contributed by atoms with E-state index in [-0.39, 0.29) is 37.3 Å². The minimum absolute atomic E-state index is 0.0000117. The minimum Gasteiger partial charge on any atom is -0.508 e. The Bertz CT molecular complexity index is 1460. The molecule has 2 aromatic carbocycles. The van der Waals surface area contributed by atoms with Crippen LogP contribution in [0.4, 0.5) is 0 Å². The van der Waals surface area contributed by atoms with Gasteiger partial charge in [-0.15, -0.1) is 11.6 Å². The number of likely N-dealkylation sites (tertiary alicyclic amines) is 1. The lowest BCUT2D eigenvalue weighted by molar-refractivity contribution is -0.143. The van der Waals surface area contributed by atoms with Crippen molar-refractivity contribution in [2.45, 2.75) is 107 Å². The van der Waals surface area contributed by atoms with Gasteiger partial charge in [0.1, 0.15) is 41.8 Å². The van der Waals surface area contributed by atoms with Gasteiger partial charge in [0.05, 0.1) is 0 Å². The molecule has 0 radical (unpaired) electrons. The summed E-state index contributed by atoms with van der Waals surface area (Å²) in [7, 11) is 0. The summed E-state index contributed by atoms with van der Waals surface area (Å²) in [5, 5.41) is 47.3. The van der Waals surface area contributed by atoms with Crippen LogP contribution < -0.4 is 21.7 Å². The maximum Gasteiger partial charge on any atom is 0.326 e. The Kier molecular flexibility index (Phi) is 16.4. The number of carbonyl (C=O) groups excluding carboxylic acids is 4. The Morgan fingerprint density at radius 3 is 1.94 bits per heavy atom. The lowest BCUT2D eigenvalue weighted by Gasteiger charge is -2.29. The molecule has 0 saturated carbocycles. The lowest BCUT2D eigenvalue weighted by Crippen LogP contribution is -2.58. The first-order valence-corrected chi connectivity index (χ1v) is 17.8. The number of unbranched alkanes of at least 4 members (excludes halogenated alkanes) is 4. The molecule has 51 heavy (non-hydrogen) atoms. The molecule has 1 fully saturated rings. The number of alkyl halides is 1. The van der Waals surface area contributed by atoms with E-state index in [0.717, 1.165) is 32.1 Å². The molecular formula is C36H50ClN5O9. The van der Waals surface area contributed by atoms with Gasteiger partial charge in [0.15, 0.2) is 0 Å². The van der Waals surface area contributed by atoms with Crippen molar-refractivity contribution in [3.05, 3.63) is 59.7 Å². The molecule has 2 unspecified atom stereocenters. The highest BCUT2D eigenvalue weighted by Gasteiger charge is 2.39. The second kappa shape index (κ2) is 20.4. The number of carbonyl (C=O) groups is 5. The molecule has 2 aromatic rings. The van der Waals surface area contributed by atoms with E-state index in [4.69, 9.17) is 17.3 Å². The minimum atomic E-state index is -1.52. The largest absolute Gasteiger partial charge is 0.508 e. The number of benzene rings is 2. The number of aromatic hydroxyl groups is 2. The van der Waals surface area contributed by atoms with Crippen molar-refractivity contribution >= 4 is 41.2 Å². The van der Waals surface area contributed by atoms with Crippen LogP contribution >= 0.6 is 11.6 Å². The van der Waals surface area contributed by atoms with Crippen molar-refractivity contribution in [1.29, 1.82) is 0 Å². The smallest absolute Gasteiger partial charge is 0.326 e. The van der Waals surface area contributed by atoms with Gasteiger partial charge in [0.25, 0.3) is 5.91 Å². The van der Waals surface area contributed by atoms with Crippen molar-refractivity contribution in [3.63, 3.8) is 0 Å². The number of aliphatic hydroxyl groups is 1. The standard InChI is InChI=1S/C36H50ClN5O9/c1-22(39-34(48)31(45)27(38)8-5-3-2-4-6-18-37)35(49)42-19-7-9-30(42)33(47)40-28(20-23-10-14-25(43)15-11-23)32(46)41-29(36(50)51)21-24-12-16-26(44)17-13-24/h10-17,22,27-31,43-45H,2-9,18-21,38H2,1H3,(H,39,48)(H,40,47)(H,41,46)(H,50,51)/t22-,27?,28-,29-,30-,31?/m0/s1. The van der Waals surface area contributed by atoms with Gasteiger partial charge in [-0.1, -0.05) is 49.9 Å². The molecule has 9 N–H and O–H groups in total. The number of hydrogen-bond donors (Lipinski definition) is 8. The van der Waals surface area contributed by atoms with Gasteiger partial charge < -0.3 is 47.0 Å². The number of aliphatic hydroxyl groups excluding tert-OH is 1. The molecule has 0 spiro atoms. The number of amides is 4. The quantitative estimate of drug-likeness (QED) is 0.0726. The molecule has 1 aliphatic heterocycles. The van der Waals surface area contributed by atoms with Gasteiger partial charge in [-0.3, -0.25) is 19.2 Å². The topological polar surface area (TPSA) is 232 Å². The van der Waals surface area contributed by atoms with Gasteiger partial charge in [0.2, 0.25) is 17.7 Å². The Labute approximate surface area is 302 Å². The van der Waals surface area contributed by atoms with Gasteiger partial charge in [-0.25, -0.2) is 4.79 Å². The van der Waals surface area contributed by atoms with Crippen LogP contribution in [0.2, 0.25) is 0 Å². The number of halogens is 1. The number of phenolic OH excluding ortho intramolecular Hbond substituents is 2. The summed E-state index contributed by atoms with van der Waals surface area (Å²) in [6.45, 7) is 1.66. The fourth-order valence-corrected chi connectivity index (χ4v) is 6.14. The van der Waals surface area contributed by atoms with Crippen LogP contribution in [0.3, 0.4) is 0 Å². The summed E-state index contributed by atoms with van der Waals surface area (Å²) in [5.74, 6) is -3.48. The number of nitrogens with one attached hydrogen (secondary N) is 3. The first kappa shape index (κ1) is 41.0. The molecule has 1 aliphatic rings. The normalized spacial score (nSPS) is 17.1. The molecule has 3 rings (SSSR count). The number of aliphatic carboxylic acids is 1. The summed E-state index contributed by atoms with van der Waals surface area (Å²) in [4.78, 5) is 66.9. The van der Waals surface area contributed by atoms with Crippen LogP contribution in [-0.2, 0) is 36.8 Å². The number of nitrogens with zero attached hydrogens (tertiary/aromatic N) is 1. The molecule has 0 aromatic heterocycles. The predicted molar refractivity (Wildman–Crippen MR) is 190 cm³/mol. The van der Waals surface area contributed by atoms with Crippen molar-refractivity contribution in [3.8, 4) is 11.5 Å². The highest BCUT2D eigenvalue weighted by atomic mass is 35.5. The summed E-state index contributed by atoms with van der Waals surface area (Å²) >= 11 is 5.69. The zero-order valence-corrected chi connectivity index (χ0v) is 29.6. The molecule has 0 bridgehead atoms. The van der Waals surface area contributed by atoms with E-state index < -0.39 is 65.9 Å². The average Bonchev–Trinajstić information content (AvgIpc) is 3.60. The van der Waals surface area contributed by atoms with Gasteiger partial charge in [-0.05, 0) is 68.0 Å². The van der Waals surface area contributed by atoms with Crippen LogP contribution in [0.25, 0.3) is 0 Å². The number of rotatable bonds is 20. The fraction of sp³-hybridized carbons (Fsp3) is 0.528. The molecule has 4 amide bonds. The first-order chi connectivity index (χ1) is 24.3. The van der Waals surface area contributed by atoms with E-state index in [0.29, 0.717) is 29.8 Å². The molecule has 280 valence electrons. The monoisotopic (exact) mass is 731 g/mol. The van der Waals surface area contributed by atoms with Crippen molar-refractivity contribution < 1.29 is 44.4 Å². The Morgan fingerprint density at radius 1 is 0.824 bits per heavy atom. The number of hydrogen-bond acceptors (Lipinski definition) is 9. The number of nitrogens with two attached hydrogens (primary N) is 1. The molecular weight excluding hydrogens is 682 g/mol. The molecule has 15 heteroatoms. The maximum atomic E-state index is 13.7. The maximum absolute atomic E-state index is 13.7. The lowest BCUT2D eigenvalue weighted by atomic mass is 10.0. The predicted octanol–water partition coefficient (Wildman–Crippen LogP) is 1.70. The van der Waals surface area contributed by atoms with Gasteiger partial charge in [-0.2, -0.15) is 0 Å². The summed E-state index contributed by atoms with van der Waals surface area (Å²) in [5.41, 5.74) is 7.16. The number of carboxylic acids is 1. The summed E-state index contributed by atoms with van der Waals surface area (Å²) in [6.07, 6.45) is 4.03. The Hall–Kier alpha value is -4.40. The first-order valence-electron chi connectivity index (χ1n) is 17.3. The van der Waals surface area contributed by atoms with E-state index in [2.05, 4.69) is 16.0 Å². The second-order valence-corrected chi connectivity index (χ2v) is 13.4. The Balaban J connectivity index is 1.66. The van der Waals surface area contributed by atoms with Crippen molar-refractivity contribution in [2.75, 3.05) is 12.4 Å². The van der Waals surface area contributed by atoms with Crippen LogP contribution in [0.5, 0.6) is 11.5 Å².